The average Bonchev–Trinajstić information content (AvgIpc) is 2.90. The largest absolute Gasteiger partial charge is 0.450 e. The van der Waals surface area contributed by atoms with Crippen molar-refractivity contribution in [3.63, 3.8) is 0 Å². The molecule has 1 fully saturated rings. The molecular formula is C23H23ClF2N2O2. The Hall–Kier alpha value is -2.47. The van der Waals surface area contributed by atoms with Gasteiger partial charge >= 0.3 is 6.09 Å². The van der Waals surface area contributed by atoms with Gasteiger partial charge in [0.05, 0.1) is 12.3 Å². The number of aromatic nitrogens is 1. The van der Waals surface area contributed by atoms with Gasteiger partial charge in [-0.25, -0.2) is 18.6 Å². The molecule has 1 aromatic heterocycles. The van der Waals surface area contributed by atoms with Crippen LogP contribution in [0.5, 0.6) is 0 Å². The summed E-state index contributed by atoms with van der Waals surface area (Å²) < 4.78 is 31.9. The van der Waals surface area contributed by atoms with Crippen LogP contribution >= 0.6 is 11.6 Å². The number of fused-ring (bicyclic) bond motifs is 2. The number of rotatable bonds is 2. The molecule has 4 rings (SSSR count). The quantitative estimate of drug-likeness (QED) is 0.600. The first-order valence-corrected chi connectivity index (χ1v) is 10.6. The number of ether oxygens (including phenoxy) is 1. The van der Waals surface area contributed by atoms with Crippen molar-refractivity contribution in [1.29, 1.82) is 0 Å². The highest BCUT2D eigenvalue weighted by Gasteiger charge is 2.28. The second-order valence-electron chi connectivity index (χ2n) is 7.51. The normalized spacial score (nSPS) is 16.2. The van der Waals surface area contributed by atoms with E-state index in [1.807, 2.05) is 18.2 Å². The van der Waals surface area contributed by atoms with Gasteiger partial charge < -0.3 is 9.64 Å². The fraction of sp³-hybridized carbons (Fsp3) is 0.391. The minimum Gasteiger partial charge on any atom is -0.450 e. The molecule has 158 valence electrons. The van der Waals surface area contributed by atoms with Gasteiger partial charge in [-0.05, 0) is 67.5 Å². The lowest BCUT2D eigenvalue weighted by atomic mass is 9.88. The van der Waals surface area contributed by atoms with E-state index in [1.54, 1.807) is 17.9 Å². The van der Waals surface area contributed by atoms with E-state index in [0.717, 1.165) is 34.3 Å². The molecule has 1 amide bonds. The Morgan fingerprint density at radius 1 is 1.13 bits per heavy atom. The van der Waals surface area contributed by atoms with Crippen LogP contribution in [0.2, 0.25) is 5.02 Å². The topological polar surface area (TPSA) is 42.4 Å². The predicted octanol–water partition coefficient (Wildman–Crippen LogP) is 5.83. The summed E-state index contributed by atoms with van der Waals surface area (Å²) in [6, 6.07) is 8.93. The summed E-state index contributed by atoms with van der Waals surface area (Å²) >= 11 is 6.24. The number of nitrogens with zero attached hydrogens (tertiary/aromatic N) is 2. The molecule has 0 unspecified atom stereocenters. The van der Waals surface area contributed by atoms with Crippen LogP contribution in [0.15, 0.2) is 35.9 Å². The highest BCUT2D eigenvalue weighted by Crippen LogP contribution is 2.39. The Bertz CT molecular complexity index is 997. The fourth-order valence-electron chi connectivity index (χ4n) is 4.23. The Morgan fingerprint density at radius 2 is 1.87 bits per heavy atom. The maximum atomic E-state index is 13.4. The van der Waals surface area contributed by atoms with Gasteiger partial charge in [0.1, 0.15) is 5.69 Å². The zero-order chi connectivity index (χ0) is 21.3. The molecule has 1 aliphatic carbocycles. The summed E-state index contributed by atoms with van der Waals surface area (Å²) in [5, 5.41) is 0.655. The summed E-state index contributed by atoms with van der Waals surface area (Å²) in [5.74, 6) is 0. The van der Waals surface area contributed by atoms with Crippen molar-refractivity contribution >= 4 is 23.3 Å². The number of carbonyl (C=O) groups excluding carboxylic acids is 1. The van der Waals surface area contributed by atoms with Crippen molar-refractivity contribution in [3.8, 4) is 0 Å². The number of pyridine rings is 1. The number of aryl methyl sites for hydroxylation is 2. The summed E-state index contributed by atoms with van der Waals surface area (Å²) in [6.45, 7) is 3.19. The number of amides is 1. The molecule has 0 radical (unpaired) electrons. The van der Waals surface area contributed by atoms with Crippen molar-refractivity contribution in [2.75, 3.05) is 19.7 Å². The highest BCUT2D eigenvalue weighted by atomic mass is 35.5. The summed E-state index contributed by atoms with van der Waals surface area (Å²) in [7, 11) is 0. The Labute approximate surface area is 179 Å². The first kappa shape index (κ1) is 20.8. The van der Waals surface area contributed by atoms with Crippen LogP contribution in [0.4, 0.5) is 13.6 Å². The van der Waals surface area contributed by atoms with Crippen LogP contribution in [0.3, 0.4) is 0 Å². The van der Waals surface area contributed by atoms with E-state index in [-0.39, 0.29) is 11.8 Å². The van der Waals surface area contributed by atoms with Gasteiger partial charge in [0, 0.05) is 23.7 Å². The molecule has 2 aromatic rings. The smallest absolute Gasteiger partial charge is 0.409 e. The number of piperidine rings is 1. The number of hydrogen-bond donors (Lipinski definition) is 0. The number of halogens is 3. The zero-order valence-electron chi connectivity index (χ0n) is 16.8. The number of carbonyl (C=O) groups is 1. The second kappa shape index (κ2) is 8.72. The Morgan fingerprint density at radius 3 is 2.57 bits per heavy atom. The third-order valence-electron chi connectivity index (χ3n) is 5.71. The van der Waals surface area contributed by atoms with E-state index in [9.17, 15) is 13.6 Å². The Kier molecular flexibility index (Phi) is 6.04. The molecule has 4 nitrogen and oxygen atoms in total. The molecule has 7 heteroatoms. The van der Waals surface area contributed by atoms with Gasteiger partial charge in [0.2, 0.25) is 0 Å². The molecule has 1 aliphatic heterocycles. The van der Waals surface area contributed by atoms with E-state index in [1.165, 1.54) is 6.07 Å². The van der Waals surface area contributed by atoms with Gasteiger partial charge in [0.15, 0.2) is 0 Å². The standard InChI is InChI=1S/C23H23ClF2N2O2/c1-2-30-23(29)28-11-9-14(10-12-28)20-18-7-6-17(24)13-16(18)4-3-15-5-8-19(22(25)26)27-21(15)20/h5-8,13,22H,2-4,9-12H2,1H3. The van der Waals surface area contributed by atoms with Crippen molar-refractivity contribution in [1.82, 2.24) is 9.88 Å². The monoisotopic (exact) mass is 432 g/mol. The summed E-state index contributed by atoms with van der Waals surface area (Å²) in [6.07, 6.45) is -0.157. The van der Waals surface area contributed by atoms with Crippen LogP contribution in [0, 0.1) is 0 Å². The van der Waals surface area contributed by atoms with E-state index in [2.05, 4.69) is 4.98 Å². The van der Waals surface area contributed by atoms with Gasteiger partial charge in [-0.2, -0.15) is 0 Å². The lowest BCUT2D eigenvalue weighted by molar-refractivity contribution is 0.104. The van der Waals surface area contributed by atoms with Crippen molar-refractivity contribution < 1.29 is 18.3 Å². The molecule has 0 atom stereocenters. The minimum absolute atomic E-state index is 0.215. The maximum absolute atomic E-state index is 13.4. The zero-order valence-corrected chi connectivity index (χ0v) is 17.5. The maximum Gasteiger partial charge on any atom is 0.409 e. The molecule has 0 N–H and O–H groups in total. The number of likely N-dealkylation sites (tertiary alicyclic amines) is 1. The van der Waals surface area contributed by atoms with Crippen LogP contribution in [0.1, 0.15) is 54.3 Å². The fourth-order valence-corrected chi connectivity index (χ4v) is 4.43. The summed E-state index contributed by atoms with van der Waals surface area (Å²) in [4.78, 5) is 18.1. The average molecular weight is 433 g/mol. The van der Waals surface area contributed by atoms with Gasteiger partial charge in [-0.15, -0.1) is 0 Å². The van der Waals surface area contributed by atoms with Crippen molar-refractivity contribution in [2.24, 2.45) is 0 Å². The van der Waals surface area contributed by atoms with Gasteiger partial charge in [-0.3, -0.25) is 0 Å². The summed E-state index contributed by atoms with van der Waals surface area (Å²) in [5.41, 5.74) is 5.51. The number of hydrogen-bond acceptors (Lipinski definition) is 3. The Balaban J connectivity index is 1.81. The lowest BCUT2D eigenvalue weighted by Gasteiger charge is -2.29. The third kappa shape index (κ3) is 4.06. The molecular weight excluding hydrogens is 410 g/mol. The van der Waals surface area contributed by atoms with E-state index in [4.69, 9.17) is 16.3 Å². The first-order valence-electron chi connectivity index (χ1n) is 10.2. The van der Waals surface area contributed by atoms with Crippen molar-refractivity contribution in [2.45, 2.75) is 39.0 Å². The highest BCUT2D eigenvalue weighted by molar-refractivity contribution is 6.30. The van der Waals surface area contributed by atoms with Crippen LogP contribution < -0.4 is 0 Å². The second-order valence-corrected chi connectivity index (χ2v) is 7.95. The third-order valence-corrected chi connectivity index (χ3v) is 5.94. The first-order chi connectivity index (χ1) is 14.5. The van der Waals surface area contributed by atoms with Gasteiger partial charge in [0.25, 0.3) is 6.43 Å². The van der Waals surface area contributed by atoms with E-state index in [0.29, 0.717) is 49.7 Å². The molecule has 0 bridgehead atoms. The van der Waals surface area contributed by atoms with Crippen molar-refractivity contribution in [3.05, 3.63) is 69.0 Å². The van der Waals surface area contributed by atoms with Crippen LogP contribution in [-0.2, 0) is 17.6 Å². The molecule has 1 saturated heterocycles. The van der Waals surface area contributed by atoms with Gasteiger partial charge in [-0.1, -0.05) is 29.3 Å². The van der Waals surface area contributed by atoms with E-state index >= 15 is 0 Å². The molecule has 2 heterocycles. The molecule has 30 heavy (non-hydrogen) atoms. The van der Waals surface area contributed by atoms with Crippen LogP contribution in [-0.4, -0.2) is 35.7 Å². The van der Waals surface area contributed by atoms with E-state index < -0.39 is 6.43 Å². The SMILES string of the molecule is CCOC(=O)N1CCC(=C2c3ccc(Cl)cc3CCc3ccc(C(F)F)nc32)CC1. The minimum atomic E-state index is -2.62. The molecule has 0 saturated carbocycles. The molecule has 0 spiro atoms. The molecule has 2 aliphatic rings. The molecule has 1 aromatic carbocycles. The number of alkyl halides is 2. The predicted molar refractivity (Wildman–Crippen MR) is 112 cm³/mol. The number of benzene rings is 1. The lowest BCUT2D eigenvalue weighted by Crippen LogP contribution is -2.37. The van der Waals surface area contributed by atoms with Crippen LogP contribution in [0.25, 0.3) is 5.57 Å².